The zero-order valence-electron chi connectivity index (χ0n) is 11.1. The maximum Gasteiger partial charge on any atom is 0.243 e. The molecule has 20 heavy (non-hydrogen) atoms. The van der Waals surface area contributed by atoms with Crippen molar-refractivity contribution in [1.29, 1.82) is 0 Å². The van der Waals surface area contributed by atoms with Gasteiger partial charge in [-0.1, -0.05) is 18.2 Å². The highest BCUT2D eigenvalue weighted by Crippen LogP contribution is 2.25. The molecule has 1 atom stereocenters. The molecular formula is C12H17NO5S2. The SMILES string of the molecule is CN(C1CCS(=O)(=O)C1)S(=O)(=O)c1ccccc1CO. The molecule has 6 nitrogen and oxygen atoms in total. The first-order valence-electron chi connectivity index (χ1n) is 6.15. The quantitative estimate of drug-likeness (QED) is 0.842. The van der Waals surface area contributed by atoms with Crippen LogP contribution in [0.2, 0.25) is 0 Å². The van der Waals surface area contributed by atoms with E-state index < -0.39 is 25.9 Å². The normalized spacial score (nSPS) is 22.2. The van der Waals surface area contributed by atoms with E-state index in [1.807, 2.05) is 0 Å². The van der Waals surface area contributed by atoms with E-state index in [0.717, 1.165) is 4.31 Å². The fourth-order valence-corrected chi connectivity index (χ4v) is 5.77. The molecule has 0 amide bonds. The zero-order chi connectivity index (χ0) is 15.0. The minimum absolute atomic E-state index is 0.0131. The van der Waals surface area contributed by atoms with Crippen molar-refractivity contribution in [2.45, 2.75) is 24.0 Å². The molecule has 1 saturated heterocycles. The number of sulfonamides is 1. The summed E-state index contributed by atoms with van der Waals surface area (Å²) >= 11 is 0. The predicted octanol–water partition coefficient (Wildman–Crippen LogP) is -0.0135. The standard InChI is InChI=1S/C12H17NO5S2/c1-13(11-6-7-19(15,16)9-11)20(17,18)12-5-3-2-4-10(12)8-14/h2-5,11,14H,6-9H2,1H3. The maximum atomic E-state index is 12.5. The number of aliphatic hydroxyl groups is 1. The van der Waals surface area contributed by atoms with Gasteiger partial charge in [0.2, 0.25) is 10.0 Å². The van der Waals surface area contributed by atoms with Crippen molar-refractivity contribution in [2.75, 3.05) is 18.6 Å². The minimum atomic E-state index is -3.81. The second-order valence-electron chi connectivity index (χ2n) is 4.84. The lowest BCUT2D eigenvalue weighted by atomic mass is 10.2. The monoisotopic (exact) mass is 319 g/mol. The summed E-state index contributed by atoms with van der Waals surface area (Å²) in [5.41, 5.74) is 0.306. The first-order valence-corrected chi connectivity index (χ1v) is 9.41. The van der Waals surface area contributed by atoms with Crippen LogP contribution >= 0.6 is 0 Å². The molecule has 2 rings (SSSR count). The first kappa shape index (κ1) is 15.4. The van der Waals surface area contributed by atoms with Crippen molar-refractivity contribution in [3.63, 3.8) is 0 Å². The van der Waals surface area contributed by atoms with Crippen LogP contribution in [0.3, 0.4) is 0 Å². The van der Waals surface area contributed by atoms with E-state index in [1.165, 1.54) is 19.2 Å². The molecule has 0 radical (unpaired) electrons. The maximum absolute atomic E-state index is 12.5. The summed E-state index contributed by atoms with van der Waals surface area (Å²) < 4.78 is 49.1. The third-order valence-electron chi connectivity index (χ3n) is 3.52. The van der Waals surface area contributed by atoms with Gasteiger partial charge in [0.15, 0.2) is 9.84 Å². The van der Waals surface area contributed by atoms with Gasteiger partial charge in [0.05, 0.1) is 23.0 Å². The van der Waals surface area contributed by atoms with Crippen LogP contribution in [0.1, 0.15) is 12.0 Å². The van der Waals surface area contributed by atoms with Crippen molar-refractivity contribution in [1.82, 2.24) is 4.31 Å². The molecule has 8 heteroatoms. The van der Waals surface area contributed by atoms with Crippen molar-refractivity contribution >= 4 is 19.9 Å². The fourth-order valence-electron chi connectivity index (χ4n) is 2.30. The van der Waals surface area contributed by atoms with Crippen LogP contribution in [0, 0.1) is 0 Å². The molecule has 1 aliphatic heterocycles. The van der Waals surface area contributed by atoms with Crippen molar-refractivity contribution in [2.24, 2.45) is 0 Å². The Morgan fingerprint density at radius 1 is 1.35 bits per heavy atom. The zero-order valence-corrected chi connectivity index (χ0v) is 12.7. The van der Waals surface area contributed by atoms with E-state index in [-0.39, 0.29) is 23.0 Å². The molecule has 1 aliphatic rings. The molecule has 0 aromatic heterocycles. The van der Waals surface area contributed by atoms with Gasteiger partial charge in [-0.3, -0.25) is 0 Å². The van der Waals surface area contributed by atoms with Gasteiger partial charge in [0.1, 0.15) is 0 Å². The number of benzene rings is 1. The molecule has 0 saturated carbocycles. The molecule has 1 aromatic carbocycles. The topological polar surface area (TPSA) is 91.8 Å². The second-order valence-corrected chi connectivity index (χ2v) is 9.04. The largest absolute Gasteiger partial charge is 0.392 e. The Hall–Kier alpha value is -0.960. The molecule has 0 aliphatic carbocycles. The van der Waals surface area contributed by atoms with Gasteiger partial charge < -0.3 is 5.11 Å². The van der Waals surface area contributed by atoms with Crippen LogP contribution in [-0.2, 0) is 26.5 Å². The van der Waals surface area contributed by atoms with Gasteiger partial charge in [-0.05, 0) is 18.1 Å². The number of aliphatic hydroxyl groups excluding tert-OH is 1. The summed E-state index contributed by atoms with van der Waals surface area (Å²) in [6.45, 7) is -0.383. The highest BCUT2D eigenvalue weighted by atomic mass is 32.2. The van der Waals surface area contributed by atoms with Gasteiger partial charge in [-0.2, -0.15) is 4.31 Å². The lowest BCUT2D eigenvalue weighted by molar-refractivity contribution is 0.278. The lowest BCUT2D eigenvalue weighted by Gasteiger charge is -2.23. The van der Waals surface area contributed by atoms with Crippen LogP contribution in [0.5, 0.6) is 0 Å². The lowest BCUT2D eigenvalue weighted by Crippen LogP contribution is -2.38. The predicted molar refractivity (Wildman–Crippen MR) is 74.4 cm³/mol. The Morgan fingerprint density at radius 2 is 2.00 bits per heavy atom. The molecule has 1 heterocycles. The fraction of sp³-hybridized carbons (Fsp3) is 0.500. The van der Waals surface area contributed by atoms with Crippen LogP contribution in [-0.4, -0.2) is 50.8 Å². The van der Waals surface area contributed by atoms with E-state index in [0.29, 0.717) is 12.0 Å². The summed E-state index contributed by atoms with van der Waals surface area (Å²) in [6, 6.07) is 5.62. The summed E-state index contributed by atoms with van der Waals surface area (Å²) in [4.78, 5) is 0.0225. The summed E-state index contributed by atoms with van der Waals surface area (Å²) in [7, 11) is -5.58. The summed E-state index contributed by atoms with van der Waals surface area (Å²) in [5, 5.41) is 9.23. The van der Waals surface area contributed by atoms with Crippen LogP contribution in [0.15, 0.2) is 29.2 Å². The molecule has 1 fully saturated rings. The third kappa shape index (κ3) is 2.88. The van der Waals surface area contributed by atoms with Crippen LogP contribution < -0.4 is 0 Å². The first-order chi connectivity index (χ1) is 9.28. The van der Waals surface area contributed by atoms with Crippen molar-refractivity contribution in [3.8, 4) is 0 Å². The van der Waals surface area contributed by atoms with E-state index in [1.54, 1.807) is 12.1 Å². The van der Waals surface area contributed by atoms with Crippen LogP contribution in [0.25, 0.3) is 0 Å². The van der Waals surface area contributed by atoms with Gasteiger partial charge in [-0.15, -0.1) is 0 Å². The van der Waals surface area contributed by atoms with Gasteiger partial charge in [0.25, 0.3) is 0 Å². The van der Waals surface area contributed by atoms with Crippen LogP contribution in [0.4, 0.5) is 0 Å². The number of hydrogen-bond acceptors (Lipinski definition) is 5. The van der Waals surface area contributed by atoms with Crippen molar-refractivity contribution in [3.05, 3.63) is 29.8 Å². The van der Waals surface area contributed by atoms with E-state index >= 15 is 0 Å². The average molecular weight is 319 g/mol. The average Bonchev–Trinajstić information content (AvgIpc) is 2.78. The summed E-state index contributed by atoms with van der Waals surface area (Å²) in [6.07, 6.45) is 0.305. The summed E-state index contributed by atoms with van der Waals surface area (Å²) in [5.74, 6) is -0.136. The molecule has 1 aromatic rings. The third-order valence-corrected chi connectivity index (χ3v) is 7.28. The Labute approximate surface area is 119 Å². The number of nitrogens with zero attached hydrogens (tertiary/aromatic N) is 1. The Morgan fingerprint density at radius 3 is 2.55 bits per heavy atom. The molecule has 1 unspecified atom stereocenters. The van der Waals surface area contributed by atoms with Gasteiger partial charge >= 0.3 is 0 Å². The second kappa shape index (κ2) is 5.44. The molecule has 112 valence electrons. The van der Waals surface area contributed by atoms with E-state index in [4.69, 9.17) is 0 Å². The van der Waals surface area contributed by atoms with Crippen molar-refractivity contribution < 1.29 is 21.9 Å². The molecular weight excluding hydrogens is 302 g/mol. The Kier molecular flexibility index (Phi) is 4.19. The number of rotatable bonds is 4. The minimum Gasteiger partial charge on any atom is -0.392 e. The highest BCUT2D eigenvalue weighted by molar-refractivity contribution is 7.92. The Balaban J connectivity index is 2.35. The molecule has 0 spiro atoms. The smallest absolute Gasteiger partial charge is 0.243 e. The highest BCUT2D eigenvalue weighted by Gasteiger charge is 2.37. The number of hydrogen-bond donors (Lipinski definition) is 1. The Bertz CT molecular complexity index is 696. The molecule has 1 N–H and O–H groups in total. The molecule has 0 bridgehead atoms. The van der Waals surface area contributed by atoms with Gasteiger partial charge in [-0.25, -0.2) is 16.8 Å². The van der Waals surface area contributed by atoms with E-state index in [9.17, 15) is 21.9 Å². The van der Waals surface area contributed by atoms with E-state index in [2.05, 4.69) is 0 Å². The van der Waals surface area contributed by atoms with Gasteiger partial charge in [0, 0.05) is 13.1 Å². The number of sulfone groups is 1.